The van der Waals surface area contributed by atoms with Crippen LogP contribution < -0.4 is 5.32 Å². The predicted octanol–water partition coefficient (Wildman–Crippen LogP) is 1.90. The molecule has 0 aliphatic carbocycles. The smallest absolute Gasteiger partial charge is 0.325 e. The standard InChI is InChI=1S/C12H16ClNO3/c13-6-7-16-8-9-17-12(15)10-14-11-4-2-1-3-5-11/h1-5,14H,6-10H2. The Morgan fingerprint density at radius 2 is 1.94 bits per heavy atom. The molecule has 0 aliphatic rings. The number of carbonyl (C=O) groups is 1. The molecule has 0 atom stereocenters. The third kappa shape index (κ3) is 6.81. The summed E-state index contributed by atoms with van der Waals surface area (Å²) < 4.78 is 10.0. The molecule has 0 fully saturated rings. The maximum atomic E-state index is 11.3. The van der Waals surface area contributed by atoms with Gasteiger partial charge < -0.3 is 14.8 Å². The Labute approximate surface area is 106 Å². The molecule has 0 radical (unpaired) electrons. The van der Waals surface area contributed by atoms with Crippen LogP contribution in [-0.2, 0) is 14.3 Å². The number of hydrogen-bond donors (Lipinski definition) is 1. The number of alkyl halides is 1. The van der Waals surface area contributed by atoms with Crippen molar-refractivity contribution < 1.29 is 14.3 Å². The van der Waals surface area contributed by atoms with Crippen molar-refractivity contribution in [2.75, 3.05) is 37.6 Å². The average molecular weight is 258 g/mol. The fourth-order valence-corrected chi connectivity index (χ4v) is 1.26. The topological polar surface area (TPSA) is 47.6 Å². The molecule has 0 bridgehead atoms. The van der Waals surface area contributed by atoms with Gasteiger partial charge in [0.1, 0.15) is 13.2 Å². The summed E-state index contributed by atoms with van der Waals surface area (Å²) in [5.74, 6) is 0.145. The van der Waals surface area contributed by atoms with Crippen LogP contribution in [0.25, 0.3) is 0 Å². The number of ether oxygens (including phenoxy) is 2. The summed E-state index contributed by atoms with van der Waals surface area (Å²) in [5.41, 5.74) is 0.892. The van der Waals surface area contributed by atoms with Gasteiger partial charge in [0, 0.05) is 11.6 Å². The van der Waals surface area contributed by atoms with Gasteiger partial charge in [0.15, 0.2) is 0 Å². The zero-order chi connectivity index (χ0) is 12.3. The quantitative estimate of drug-likeness (QED) is 0.439. The Balaban J connectivity index is 2.05. The number of nitrogens with one attached hydrogen (secondary N) is 1. The normalized spacial score (nSPS) is 9.94. The number of carbonyl (C=O) groups excluding carboxylic acids is 1. The Kier molecular flexibility index (Phi) is 7.18. The maximum absolute atomic E-state index is 11.3. The molecule has 1 rings (SSSR count). The molecule has 0 spiro atoms. The summed E-state index contributed by atoms with van der Waals surface area (Å²) in [6.45, 7) is 1.26. The lowest BCUT2D eigenvalue weighted by Crippen LogP contribution is -2.19. The Morgan fingerprint density at radius 1 is 1.18 bits per heavy atom. The molecule has 1 aromatic carbocycles. The number of hydrogen-bond acceptors (Lipinski definition) is 4. The SMILES string of the molecule is O=C(CNc1ccccc1)OCCOCCCl. The fraction of sp³-hybridized carbons (Fsp3) is 0.417. The Morgan fingerprint density at radius 3 is 2.65 bits per heavy atom. The van der Waals surface area contributed by atoms with E-state index in [0.29, 0.717) is 19.1 Å². The summed E-state index contributed by atoms with van der Waals surface area (Å²) in [6, 6.07) is 9.48. The molecule has 0 aromatic heterocycles. The van der Waals surface area contributed by atoms with E-state index in [-0.39, 0.29) is 19.1 Å². The molecule has 5 heteroatoms. The monoisotopic (exact) mass is 257 g/mol. The zero-order valence-corrected chi connectivity index (χ0v) is 10.3. The highest BCUT2D eigenvalue weighted by Crippen LogP contribution is 2.03. The van der Waals surface area contributed by atoms with E-state index in [1.54, 1.807) is 0 Å². The number of benzene rings is 1. The molecule has 1 aromatic rings. The molecule has 0 saturated carbocycles. The second kappa shape index (κ2) is 8.84. The minimum atomic E-state index is -0.302. The van der Waals surface area contributed by atoms with Crippen molar-refractivity contribution in [3.63, 3.8) is 0 Å². The van der Waals surface area contributed by atoms with E-state index < -0.39 is 0 Å². The van der Waals surface area contributed by atoms with Crippen LogP contribution in [0.2, 0.25) is 0 Å². The van der Waals surface area contributed by atoms with E-state index in [9.17, 15) is 4.79 Å². The van der Waals surface area contributed by atoms with Gasteiger partial charge in [-0.2, -0.15) is 0 Å². The molecule has 0 unspecified atom stereocenters. The van der Waals surface area contributed by atoms with Crippen LogP contribution in [0.1, 0.15) is 0 Å². The van der Waals surface area contributed by atoms with Crippen molar-refractivity contribution in [1.82, 2.24) is 0 Å². The van der Waals surface area contributed by atoms with E-state index in [4.69, 9.17) is 21.1 Å². The van der Waals surface area contributed by atoms with Crippen LogP contribution in [0.3, 0.4) is 0 Å². The molecule has 17 heavy (non-hydrogen) atoms. The summed E-state index contributed by atoms with van der Waals surface area (Å²) in [4.78, 5) is 11.3. The van der Waals surface area contributed by atoms with Crippen LogP contribution in [0.15, 0.2) is 30.3 Å². The van der Waals surface area contributed by atoms with Gasteiger partial charge in [-0.25, -0.2) is 0 Å². The number of halogens is 1. The Bertz CT molecular complexity index is 319. The summed E-state index contributed by atoms with van der Waals surface area (Å²) in [6.07, 6.45) is 0. The first-order valence-corrected chi connectivity index (χ1v) is 5.94. The first-order chi connectivity index (χ1) is 8.33. The minimum absolute atomic E-state index is 0.152. The van der Waals surface area contributed by atoms with Crippen molar-refractivity contribution in [1.29, 1.82) is 0 Å². The first kappa shape index (κ1) is 13.8. The first-order valence-electron chi connectivity index (χ1n) is 5.41. The summed E-state index contributed by atoms with van der Waals surface area (Å²) >= 11 is 5.42. The summed E-state index contributed by atoms with van der Waals surface area (Å²) in [7, 11) is 0. The highest BCUT2D eigenvalue weighted by molar-refractivity contribution is 6.17. The van der Waals surface area contributed by atoms with Gasteiger partial charge in [0.25, 0.3) is 0 Å². The van der Waals surface area contributed by atoms with E-state index in [2.05, 4.69) is 5.32 Å². The fourth-order valence-electron chi connectivity index (χ4n) is 1.15. The van der Waals surface area contributed by atoms with Crippen molar-refractivity contribution in [2.45, 2.75) is 0 Å². The van der Waals surface area contributed by atoms with Gasteiger partial charge >= 0.3 is 5.97 Å². The van der Waals surface area contributed by atoms with E-state index >= 15 is 0 Å². The third-order valence-electron chi connectivity index (χ3n) is 1.92. The molecule has 4 nitrogen and oxygen atoms in total. The van der Waals surface area contributed by atoms with Crippen molar-refractivity contribution >= 4 is 23.3 Å². The molecular formula is C12H16ClNO3. The molecule has 0 aliphatic heterocycles. The van der Waals surface area contributed by atoms with Crippen LogP contribution in [-0.4, -0.2) is 38.2 Å². The second-order valence-electron chi connectivity index (χ2n) is 3.24. The second-order valence-corrected chi connectivity index (χ2v) is 3.62. The van der Waals surface area contributed by atoms with Gasteiger partial charge in [-0.05, 0) is 12.1 Å². The largest absolute Gasteiger partial charge is 0.462 e. The predicted molar refractivity (Wildman–Crippen MR) is 67.4 cm³/mol. The minimum Gasteiger partial charge on any atom is -0.462 e. The molecule has 1 N–H and O–H groups in total. The van der Waals surface area contributed by atoms with Crippen LogP contribution >= 0.6 is 11.6 Å². The number of para-hydroxylation sites is 1. The lowest BCUT2D eigenvalue weighted by molar-refractivity contribution is -0.142. The van der Waals surface area contributed by atoms with E-state index in [1.165, 1.54) is 0 Å². The van der Waals surface area contributed by atoms with Gasteiger partial charge in [-0.1, -0.05) is 18.2 Å². The van der Waals surface area contributed by atoms with E-state index in [1.807, 2.05) is 30.3 Å². The van der Waals surface area contributed by atoms with Crippen molar-refractivity contribution in [2.24, 2.45) is 0 Å². The van der Waals surface area contributed by atoms with Gasteiger partial charge in [-0.3, -0.25) is 4.79 Å². The number of esters is 1. The van der Waals surface area contributed by atoms with Gasteiger partial charge in [0.05, 0.1) is 13.2 Å². The van der Waals surface area contributed by atoms with Crippen molar-refractivity contribution in [3.05, 3.63) is 30.3 Å². The third-order valence-corrected chi connectivity index (χ3v) is 2.08. The summed E-state index contributed by atoms with van der Waals surface area (Å²) in [5, 5.41) is 2.96. The lowest BCUT2D eigenvalue weighted by Gasteiger charge is -2.07. The molecule has 0 heterocycles. The maximum Gasteiger partial charge on any atom is 0.325 e. The van der Waals surface area contributed by atoms with Crippen LogP contribution in [0, 0.1) is 0 Å². The highest BCUT2D eigenvalue weighted by atomic mass is 35.5. The number of rotatable bonds is 8. The number of anilines is 1. The van der Waals surface area contributed by atoms with Crippen molar-refractivity contribution in [3.8, 4) is 0 Å². The molecule has 0 saturated heterocycles. The molecular weight excluding hydrogens is 242 g/mol. The van der Waals surface area contributed by atoms with Crippen LogP contribution in [0.5, 0.6) is 0 Å². The van der Waals surface area contributed by atoms with Gasteiger partial charge in [0.2, 0.25) is 0 Å². The highest BCUT2D eigenvalue weighted by Gasteiger charge is 2.01. The molecule has 0 amide bonds. The van der Waals surface area contributed by atoms with Gasteiger partial charge in [-0.15, -0.1) is 11.6 Å². The molecule has 94 valence electrons. The van der Waals surface area contributed by atoms with Crippen LogP contribution in [0.4, 0.5) is 5.69 Å². The lowest BCUT2D eigenvalue weighted by atomic mass is 10.3. The Hall–Kier alpha value is -1.26. The zero-order valence-electron chi connectivity index (χ0n) is 9.52. The van der Waals surface area contributed by atoms with E-state index in [0.717, 1.165) is 5.69 Å². The average Bonchev–Trinajstić information content (AvgIpc) is 2.37.